The third kappa shape index (κ3) is 2.66. The molecule has 2 heterocycles. The number of nitrogens with zero attached hydrogens (tertiary/aromatic N) is 2. The van der Waals surface area contributed by atoms with Gasteiger partial charge in [0.15, 0.2) is 0 Å². The van der Waals surface area contributed by atoms with Gasteiger partial charge in [0.1, 0.15) is 12.1 Å². The molecule has 1 aromatic rings. The van der Waals surface area contributed by atoms with Crippen LogP contribution in [0.15, 0.2) is 18.3 Å². The lowest BCUT2D eigenvalue weighted by Gasteiger charge is -2.38. The fourth-order valence-corrected chi connectivity index (χ4v) is 2.53. The molecule has 0 saturated carbocycles. The Morgan fingerprint density at radius 3 is 2.60 bits per heavy atom. The Hall–Kier alpha value is -1.91. The van der Waals surface area contributed by atoms with E-state index in [-0.39, 0.29) is 11.8 Å². The Morgan fingerprint density at radius 1 is 1.30 bits per heavy atom. The molecular weight excluding hydrogens is 254 g/mol. The first-order valence-electron chi connectivity index (χ1n) is 7.14. The fraction of sp³-hybridized carbons (Fsp3) is 0.533. The van der Waals surface area contributed by atoms with Gasteiger partial charge < -0.3 is 5.32 Å². The summed E-state index contributed by atoms with van der Waals surface area (Å²) < 4.78 is 0. The average molecular weight is 275 g/mol. The highest BCUT2D eigenvalue weighted by Crippen LogP contribution is 2.23. The Kier molecular flexibility index (Phi) is 4.37. The van der Waals surface area contributed by atoms with Crippen LogP contribution in [0.4, 0.5) is 5.69 Å². The van der Waals surface area contributed by atoms with E-state index in [0.717, 1.165) is 12.1 Å². The standard InChI is InChI=1S/C15H21N3O2/c1-4-6-12-15(20)18(13(5-2)14(19)17-12)11-8-7-10(3)16-9-11/h7-9,12-13H,4-6H2,1-3H3,(H,17,19). The Labute approximate surface area is 119 Å². The third-order valence-electron chi connectivity index (χ3n) is 3.60. The fourth-order valence-electron chi connectivity index (χ4n) is 2.53. The summed E-state index contributed by atoms with van der Waals surface area (Å²) in [6, 6.07) is 2.85. The van der Waals surface area contributed by atoms with Crippen molar-refractivity contribution in [3.63, 3.8) is 0 Å². The quantitative estimate of drug-likeness (QED) is 0.911. The van der Waals surface area contributed by atoms with Crippen LogP contribution in [-0.2, 0) is 9.59 Å². The first-order chi connectivity index (χ1) is 9.58. The van der Waals surface area contributed by atoms with Gasteiger partial charge in [-0.05, 0) is 31.9 Å². The van der Waals surface area contributed by atoms with Crippen molar-refractivity contribution < 1.29 is 9.59 Å². The van der Waals surface area contributed by atoms with Crippen molar-refractivity contribution in [3.8, 4) is 0 Å². The van der Waals surface area contributed by atoms with Gasteiger partial charge in [-0.3, -0.25) is 19.5 Å². The molecule has 1 aliphatic rings. The highest BCUT2D eigenvalue weighted by molar-refractivity contribution is 6.08. The van der Waals surface area contributed by atoms with E-state index in [2.05, 4.69) is 10.3 Å². The molecule has 5 heteroatoms. The Bertz CT molecular complexity index is 498. The summed E-state index contributed by atoms with van der Waals surface area (Å²) in [5.41, 5.74) is 1.59. The summed E-state index contributed by atoms with van der Waals surface area (Å²) in [6.45, 7) is 5.81. The van der Waals surface area contributed by atoms with Gasteiger partial charge in [0, 0.05) is 5.69 Å². The second-order valence-electron chi connectivity index (χ2n) is 5.14. The van der Waals surface area contributed by atoms with Crippen LogP contribution in [-0.4, -0.2) is 28.9 Å². The zero-order chi connectivity index (χ0) is 14.7. The van der Waals surface area contributed by atoms with Crippen molar-refractivity contribution in [2.75, 3.05) is 4.90 Å². The molecule has 0 aromatic carbocycles. The highest BCUT2D eigenvalue weighted by atomic mass is 16.2. The van der Waals surface area contributed by atoms with Gasteiger partial charge in [-0.15, -0.1) is 0 Å². The first kappa shape index (κ1) is 14.5. The smallest absolute Gasteiger partial charge is 0.250 e. The minimum atomic E-state index is -0.444. The summed E-state index contributed by atoms with van der Waals surface area (Å²) in [5, 5.41) is 2.83. The predicted octanol–water partition coefficient (Wildman–Crippen LogP) is 1.80. The molecule has 1 aromatic heterocycles. The summed E-state index contributed by atoms with van der Waals surface area (Å²) in [6.07, 6.45) is 3.77. The van der Waals surface area contributed by atoms with Crippen LogP contribution in [0.1, 0.15) is 38.8 Å². The Morgan fingerprint density at radius 2 is 2.05 bits per heavy atom. The molecule has 1 aliphatic heterocycles. The lowest BCUT2D eigenvalue weighted by Crippen LogP contribution is -2.63. The SMILES string of the molecule is CCCC1NC(=O)C(CC)N(c2ccc(C)nc2)C1=O. The molecule has 2 amide bonds. The minimum Gasteiger partial charge on any atom is -0.342 e. The third-order valence-corrected chi connectivity index (χ3v) is 3.60. The number of amides is 2. The Balaban J connectivity index is 2.35. The van der Waals surface area contributed by atoms with Gasteiger partial charge in [-0.1, -0.05) is 20.3 Å². The van der Waals surface area contributed by atoms with Crippen molar-refractivity contribution in [1.82, 2.24) is 10.3 Å². The van der Waals surface area contributed by atoms with Gasteiger partial charge >= 0.3 is 0 Å². The molecule has 1 N–H and O–H groups in total. The summed E-state index contributed by atoms with van der Waals surface area (Å²) >= 11 is 0. The van der Waals surface area contributed by atoms with E-state index in [0.29, 0.717) is 18.5 Å². The molecule has 0 bridgehead atoms. The van der Waals surface area contributed by atoms with Crippen LogP contribution in [0.3, 0.4) is 0 Å². The molecule has 1 saturated heterocycles. The number of hydrogen-bond donors (Lipinski definition) is 1. The zero-order valence-electron chi connectivity index (χ0n) is 12.2. The molecular formula is C15H21N3O2. The van der Waals surface area contributed by atoms with E-state index in [1.807, 2.05) is 32.9 Å². The number of nitrogens with one attached hydrogen (secondary N) is 1. The largest absolute Gasteiger partial charge is 0.342 e. The maximum atomic E-state index is 12.6. The van der Waals surface area contributed by atoms with Gasteiger partial charge in [0.05, 0.1) is 11.9 Å². The number of rotatable bonds is 4. The number of aryl methyl sites for hydroxylation is 1. The number of anilines is 1. The second kappa shape index (κ2) is 6.03. The van der Waals surface area contributed by atoms with Crippen molar-refractivity contribution in [2.45, 2.75) is 52.1 Å². The van der Waals surface area contributed by atoms with Crippen LogP contribution in [0.2, 0.25) is 0 Å². The molecule has 2 atom stereocenters. The van der Waals surface area contributed by atoms with Gasteiger partial charge in [0.2, 0.25) is 11.8 Å². The molecule has 5 nitrogen and oxygen atoms in total. The maximum absolute atomic E-state index is 12.6. The van der Waals surface area contributed by atoms with Crippen molar-refractivity contribution >= 4 is 17.5 Å². The first-order valence-corrected chi connectivity index (χ1v) is 7.14. The number of carbonyl (C=O) groups excluding carboxylic acids is 2. The predicted molar refractivity (Wildman–Crippen MR) is 77.4 cm³/mol. The van der Waals surface area contributed by atoms with Crippen LogP contribution in [0.25, 0.3) is 0 Å². The van der Waals surface area contributed by atoms with Gasteiger partial charge in [0.25, 0.3) is 0 Å². The molecule has 108 valence electrons. The lowest BCUT2D eigenvalue weighted by atomic mass is 10.0. The van der Waals surface area contributed by atoms with Crippen LogP contribution >= 0.6 is 0 Å². The van der Waals surface area contributed by atoms with Gasteiger partial charge in [-0.25, -0.2) is 0 Å². The van der Waals surface area contributed by atoms with E-state index < -0.39 is 12.1 Å². The van der Waals surface area contributed by atoms with E-state index in [4.69, 9.17) is 0 Å². The van der Waals surface area contributed by atoms with E-state index in [1.165, 1.54) is 0 Å². The normalized spacial score (nSPS) is 22.9. The van der Waals surface area contributed by atoms with E-state index in [1.54, 1.807) is 11.1 Å². The molecule has 1 fully saturated rings. The van der Waals surface area contributed by atoms with Crippen molar-refractivity contribution in [3.05, 3.63) is 24.0 Å². The highest BCUT2D eigenvalue weighted by Gasteiger charge is 2.39. The maximum Gasteiger partial charge on any atom is 0.250 e. The number of pyridine rings is 1. The van der Waals surface area contributed by atoms with Crippen molar-refractivity contribution in [1.29, 1.82) is 0 Å². The van der Waals surface area contributed by atoms with Gasteiger partial charge in [-0.2, -0.15) is 0 Å². The summed E-state index contributed by atoms with van der Waals surface area (Å²) in [7, 11) is 0. The van der Waals surface area contributed by atoms with Crippen LogP contribution < -0.4 is 10.2 Å². The molecule has 20 heavy (non-hydrogen) atoms. The molecule has 2 unspecified atom stereocenters. The average Bonchev–Trinajstić information content (AvgIpc) is 2.43. The minimum absolute atomic E-state index is 0.0380. The number of piperazine rings is 1. The van der Waals surface area contributed by atoms with Crippen LogP contribution in [0, 0.1) is 6.92 Å². The number of aromatic nitrogens is 1. The molecule has 0 aliphatic carbocycles. The molecule has 0 spiro atoms. The van der Waals surface area contributed by atoms with Crippen LogP contribution in [0.5, 0.6) is 0 Å². The lowest BCUT2D eigenvalue weighted by molar-refractivity contribution is -0.134. The van der Waals surface area contributed by atoms with Crippen molar-refractivity contribution in [2.24, 2.45) is 0 Å². The molecule has 2 rings (SSSR count). The molecule has 0 radical (unpaired) electrons. The topological polar surface area (TPSA) is 62.3 Å². The number of hydrogen-bond acceptors (Lipinski definition) is 3. The zero-order valence-corrected chi connectivity index (χ0v) is 12.2. The number of carbonyl (C=O) groups is 2. The summed E-state index contributed by atoms with van der Waals surface area (Å²) in [4.78, 5) is 30.6. The monoisotopic (exact) mass is 275 g/mol. The second-order valence-corrected chi connectivity index (χ2v) is 5.14. The van der Waals surface area contributed by atoms with E-state index >= 15 is 0 Å². The summed E-state index contributed by atoms with van der Waals surface area (Å²) in [5.74, 6) is -0.116. The van der Waals surface area contributed by atoms with E-state index in [9.17, 15) is 9.59 Å².